The second kappa shape index (κ2) is 8.97. The van der Waals surface area contributed by atoms with Crippen molar-refractivity contribution in [3.05, 3.63) is 48.3 Å². The molecule has 23 heavy (non-hydrogen) atoms. The van der Waals surface area contributed by atoms with Gasteiger partial charge in [0.1, 0.15) is 0 Å². The molecule has 0 fully saturated rings. The van der Waals surface area contributed by atoms with Crippen LogP contribution in [0.2, 0.25) is 0 Å². The Bertz CT molecular complexity index is 614. The molecule has 0 atom stereocenters. The Balaban J connectivity index is 2.30. The van der Waals surface area contributed by atoms with Crippen molar-refractivity contribution in [2.45, 2.75) is 62.7 Å². The number of benzene rings is 1. The van der Waals surface area contributed by atoms with Gasteiger partial charge in [-0.25, -0.2) is 0 Å². The topological polar surface area (TPSA) is 22.0 Å². The molecule has 0 spiro atoms. The molecule has 0 N–H and O–H groups in total. The molecule has 3 heteroatoms. The molecule has 0 unspecified atom stereocenters. The van der Waals surface area contributed by atoms with Crippen molar-refractivity contribution in [3.8, 4) is 0 Å². The summed E-state index contributed by atoms with van der Waals surface area (Å²) in [7, 11) is 0. The van der Waals surface area contributed by atoms with Crippen LogP contribution in [0.5, 0.6) is 0 Å². The van der Waals surface area contributed by atoms with Gasteiger partial charge in [0.05, 0.1) is 0 Å². The molecule has 0 aliphatic rings. The maximum atomic E-state index is 12.8. The van der Waals surface area contributed by atoms with Gasteiger partial charge >= 0.3 is 0 Å². The first-order valence-electron chi connectivity index (χ1n) is 8.68. The van der Waals surface area contributed by atoms with E-state index in [0.717, 1.165) is 32.1 Å². The highest BCUT2D eigenvalue weighted by Crippen LogP contribution is 2.32. The zero-order chi connectivity index (χ0) is 16.7. The molecule has 0 aliphatic carbocycles. The lowest BCUT2D eigenvalue weighted by Gasteiger charge is -2.15. The molecule has 0 radical (unpaired) electrons. The lowest BCUT2D eigenvalue weighted by molar-refractivity contribution is 0.0823. The van der Waals surface area contributed by atoms with Crippen LogP contribution in [0.15, 0.2) is 52.4 Å². The van der Waals surface area contributed by atoms with Gasteiger partial charge in [-0.3, -0.25) is 9.36 Å². The molecule has 1 aromatic carbocycles. The minimum absolute atomic E-state index is 0.123. The number of carbonyl (C=O) groups excluding carboxylic acids is 1. The SMILES string of the molecule is CCCCc1c(Sc2ccccc2)ccn1C(=O)C(CC)CC. The Hall–Kier alpha value is -1.48. The minimum Gasteiger partial charge on any atom is -0.290 e. The molecule has 124 valence electrons. The van der Waals surface area contributed by atoms with Crippen molar-refractivity contribution >= 4 is 17.7 Å². The highest BCUT2D eigenvalue weighted by atomic mass is 32.2. The smallest absolute Gasteiger partial charge is 0.233 e. The van der Waals surface area contributed by atoms with Crippen LogP contribution < -0.4 is 0 Å². The third-order valence-electron chi connectivity index (χ3n) is 4.26. The monoisotopic (exact) mass is 329 g/mol. The van der Waals surface area contributed by atoms with Gasteiger partial charge in [0.2, 0.25) is 5.91 Å². The standard InChI is InChI=1S/C20H27NOS/c1-4-7-13-18-19(23-17-11-9-8-10-12-17)14-15-21(18)20(22)16(5-2)6-3/h8-12,14-16H,4-7,13H2,1-3H3. The molecule has 2 aromatic rings. The first-order valence-corrected chi connectivity index (χ1v) is 9.50. The van der Waals surface area contributed by atoms with Crippen molar-refractivity contribution in [3.63, 3.8) is 0 Å². The van der Waals surface area contributed by atoms with Crippen LogP contribution in [0.1, 0.15) is 56.9 Å². The first-order chi connectivity index (χ1) is 11.2. The number of rotatable bonds is 8. The predicted octanol–water partition coefficient (Wildman–Crippen LogP) is 6.06. The van der Waals surface area contributed by atoms with E-state index in [1.165, 1.54) is 15.5 Å². The molecule has 0 bridgehead atoms. The number of hydrogen-bond donors (Lipinski definition) is 0. The van der Waals surface area contributed by atoms with Crippen LogP contribution >= 0.6 is 11.8 Å². The summed E-state index contributed by atoms with van der Waals surface area (Å²) in [5.41, 5.74) is 1.18. The Morgan fingerprint density at radius 3 is 2.39 bits per heavy atom. The fourth-order valence-electron chi connectivity index (χ4n) is 2.78. The Labute approximate surface area is 144 Å². The van der Waals surface area contributed by atoms with Crippen LogP contribution in [0, 0.1) is 5.92 Å². The molecule has 1 aromatic heterocycles. The number of carbonyl (C=O) groups is 1. The Morgan fingerprint density at radius 1 is 1.09 bits per heavy atom. The average Bonchev–Trinajstić information content (AvgIpc) is 2.97. The van der Waals surface area contributed by atoms with Crippen molar-refractivity contribution in [2.75, 3.05) is 0 Å². The van der Waals surface area contributed by atoms with Gasteiger partial charge in [0.25, 0.3) is 0 Å². The maximum absolute atomic E-state index is 12.8. The second-order valence-electron chi connectivity index (χ2n) is 5.87. The molecular formula is C20H27NOS. The molecule has 0 saturated heterocycles. The van der Waals surface area contributed by atoms with E-state index in [2.05, 4.69) is 51.1 Å². The predicted molar refractivity (Wildman–Crippen MR) is 98.3 cm³/mol. The Morgan fingerprint density at radius 2 is 1.78 bits per heavy atom. The van der Waals surface area contributed by atoms with E-state index in [1.807, 2.05) is 16.8 Å². The fraction of sp³-hybridized carbons (Fsp3) is 0.450. The van der Waals surface area contributed by atoms with E-state index >= 15 is 0 Å². The average molecular weight is 330 g/mol. The minimum atomic E-state index is 0.123. The van der Waals surface area contributed by atoms with E-state index in [1.54, 1.807) is 11.8 Å². The van der Waals surface area contributed by atoms with Crippen LogP contribution in [0.3, 0.4) is 0 Å². The lowest BCUT2D eigenvalue weighted by Crippen LogP contribution is -2.22. The van der Waals surface area contributed by atoms with E-state index in [-0.39, 0.29) is 11.8 Å². The van der Waals surface area contributed by atoms with Gasteiger partial charge in [-0.2, -0.15) is 0 Å². The van der Waals surface area contributed by atoms with Crippen LogP contribution in [-0.4, -0.2) is 10.5 Å². The molecule has 0 aliphatic heterocycles. The van der Waals surface area contributed by atoms with Gasteiger partial charge in [-0.05, 0) is 43.9 Å². The number of unbranched alkanes of at least 4 members (excludes halogenated alkanes) is 1. The summed E-state index contributed by atoms with van der Waals surface area (Å²) in [6.45, 7) is 6.39. The van der Waals surface area contributed by atoms with Crippen LogP contribution in [0.25, 0.3) is 0 Å². The second-order valence-corrected chi connectivity index (χ2v) is 6.98. The van der Waals surface area contributed by atoms with Gasteiger partial charge in [-0.15, -0.1) is 0 Å². The van der Waals surface area contributed by atoms with E-state index in [4.69, 9.17) is 0 Å². The fourth-order valence-corrected chi connectivity index (χ4v) is 3.78. The van der Waals surface area contributed by atoms with Gasteiger partial charge in [-0.1, -0.05) is 57.2 Å². The van der Waals surface area contributed by atoms with E-state index in [0.29, 0.717) is 0 Å². The summed E-state index contributed by atoms with van der Waals surface area (Å²) in [4.78, 5) is 15.2. The normalized spacial score (nSPS) is 11.1. The quantitative estimate of drug-likeness (QED) is 0.587. The zero-order valence-electron chi connectivity index (χ0n) is 14.4. The number of aromatic nitrogens is 1. The molecule has 0 amide bonds. The number of nitrogens with zero attached hydrogens (tertiary/aromatic N) is 1. The van der Waals surface area contributed by atoms with Crippen molar-refractivity contribution in [1.29, 1.82) is 0 Å². The summed E-state index contributed by atoms with van der Waals surface area (Å²) >= 11 is 1.76. The van der Waals surface area contributed by atoms with Gasteiger partial charge < -0.3 is 0 Å². The third kappa shape index (κ3) is 4.51. The molecule has 1 heterocycles. The zero-order valence-corrected chi connectivity index (χ0v) is 15.2. The summed E-state index contributed by atoms with van der Waals surface area (Å²) in [6.07, 6.45) is 6.99. The van der Waals surface area contributed by atoms with Crippen molar-refractivity contribution < 1.29 is 4.79 Å². The summed E-state index contributed by atoms with van der Waals surface area (Å²) < 4.78 is 1.92. The molecule has 0 saturated carbocycles. The van der Waals surface area contributed by atoms with E-state index < -0.39 is 0 Å². The highest BCUT2D eigenvalue weighted by molar-refractivity contribution is 7.99. The van der Waals surface area contributed by atoms with Crippen LogP contribution in [-0.2, 0) is 6.42 Å². The lowest BCUT2D eigenvalue weighted by atomic mass is 10.0. The molecule has 2 nitrogen and oxygen atoms in total. The van der Waals surface area contributed by atoms with Crippen molar-refractivity contribution in [2.24, 2.45) is 5.92 Å². The molecule has 2 rings (SSSR count). The highest BCUT2D eigenvalue weighted by Gasteiger charge is 2.20. The van der Waals surface area contributed by atoms with Crippen LogP contribution in [0.4, 0.5) is 0 Å². The van der Waals surface area contributed by atoms with E-state index in [9.17, 15) is 4.79 Å². The largest absolute Gasteiger partial charge is 0.290 e. The van der Waals surface area contributed by atoms with Crippen molar-refractivity contribution in [1.82, 2.24) is 4.57 Å². The summed E-state index contributed by atoms with van der Waals surface area (Å²) in [5.74, 6) is 0.373. The summed E-state index contributed by atoms with van der Waals surface area (Å²) in [6, 6.07) is 12.5. The Kier molecular flexibility index (Phi) is 6.97. The maximum Gasteiger partial charge on any atom is 0.233 e. The third-order valence-corrected chi connectivity index (χ3v) is 5.36. The van der Waals surface area contributed by atoms with Gasteiger partial charge in [0.15, 0.2) is 0 Å². The number of hydrogen-bond acceptors (Lipinski definition) is 2. The molecular weight excluding hydrogens is 302 g/mol. The summed E-state index contributed by atoms with van der Waals surface area (Å²) in [5, 5.41) is 0. The first kappa shape index (κ1) is 17.9. The van der Waals surface area contributed by atoms with Gasteiger partial charge in [0, 0.05) is 27.6 Å².